The van der Waals surface area contributed by atoms with Gasteiger partial charge in [0.25, 0.3) is 5.91 Å². The number of amides is 1. The summed E-state index contributed by atoms with van der Waals surface area (Å²) in [4.78, 5) is 26.0. The quantitative estimate of drug-likeness (QED) is 0.835. The van der Waals surface area contributed by atoms with Gasteiger partial charge in [-0.25, -0.2) is 4.63 Å². The molecule has 0 radical (unpaired) electrons. The molecule has 134 valence electrons. The number of aromatic nitrogens is 2. The molecule has 1 aliphatic carbocycles. The summed E-state index contributed by atoms with van der Waals surface area (Å²) in [5.74, 6) is -0.441. The van der Waals surface area contributed by atoms with Gasteiger partial charge in [0.05, 0.1) is 0 Å². The fourth-order valence-electron chi connectivity index (χ4n) is 3.11. The van der Waals surface area contributed by atoms with Crippen molar-refractivity contribution in [1.82, 2.24) is 15.2 Å². The summed E-state index contributed by atoms with van der Waals surface area (Å²) in [5, 5.41) is 7.51. The zero-order chi connectivity index (χ0) is 18.0. The van der Waals surface area contributed by atoms with Crippen LogP contribution in [0.1, 0.15) is 43.0 Å². The second kappa shape index (κ2) is 7.18. The van der Waals surface area contributed by atoms with Crippen LogP contribution in [0.15, 0.2) is 22.8 Å². The van der Waals surface area contributed by atoms with Gasteiger partial charge in [0, 0.05) is 18.7 Å². The Morgan fingerprint density at radius 3 is 2.60 bits per heavy atom. The Morgan fingerprint density at radius 1 is 1.24 bits per heavy atom. The summed E-state index contributed by atoms with van der Waals surface area (Å²) in [6.45, 7) is 1.61. The summed E-state index contributed by atoms with van der Waals surface area (Å²) in [5.41, 5.74) is 7.25. The number of fused-ring (bicyclic) bond motifs is 1. The molecule has 25 heavy (non-hydrogen) atoms. The zero-order valence-electron chi connectivity index (χ0n) is 14.3. The lowest BCUT2D eigenvalue weighted by atomic mass is 9.91. The molecule has 1 atom stereocenters. The van der Waals surface area contributed by atoms with E-state index < -0.39 is 6.04 Å². The Bertz CT molecular complexity index is 765. The second-order valence-electron chi connectivity index (χ2n) is 6.54. The average Bonchev–Trinajstić information content (AvgIpc) is 3.08. The Kier molecular flexibility index (Phi) is 4.98. The molecule has 1 aromatic carbocycles. The summed E-state index contributed by atoms with van der Waals surface area (Å²) < 4.78 is 10.0. The number of esters is 1. The van der Waals surface area contributed by atoms with E-state index in [0.717, 1.165) is 25.7 Å². The van der Waals surface area contributed by atoms with E-state index >= 15 is 0 Å². The van der Waals surface area contributed by atoms with Crippen LogP contribution in [0.25, 0.3) is 11.0 Å². The predicted molar refractivity (Wildman–Crippen MR) is 89.7 cm³/mol. The van der Waals surface area contributed by atoms with Gasteiger partial charge in [-0.05, 0) is 61.1 Å². The van der Waals surface area contributed by atoms with Crippen molar-refractivity contribution < 1.29 is 19.0 Å². The third-order valence-electron chi connectivity index (χ3n) is 4.67. The molecule has 8 nitrogen and oxygen atoms in total. The summed E-state index contributed by atoms with van der Waals surface area (Å²) in [7, 11) is 1.80. The third kappa shape index (κ3) is 3.79. The molecule has 2 N–H and O–H groups in total. The molecule has 2 aromatic rings. The van der Waals surface area contributed by atoms with Gasteiger partial charge in [-0.1, -0.05) is 0 Å². The Labute approximate surface area is 145 Å². The minimum absolute atomic E-state index is 0.0686. The van der Waals surface area contributed by atoms with E-state index in [1.165, 1.54) is 0 Å². The highest BCUT2D eigenvalue weighted by Gasteiger charge is 2.29. The predicted octanol–water partition coefficient (Wildman–Crippen LogP) is 1.50. The van der Waals surface area contributed by atoms with Gasteiger partial charge < -0.3 is 15.4 Å². The first-order chi connectivity index (χ1) is 12.0. The topological polar surface area (TPSA) is 112 Å². The maximum atomic E-state index is 12.7. The van der Waals surface area contributed by atoms with Gasteiger partial charge in [0.15, 0.2) is 0 Å². The lowest BCUT2D eigenvalue weighted by Gasteiger charge is -2.34. The highest BCUT2D eigenvalue weighted by Crippen LogP contribution is 2.26. The van der Waals surface area contributed by atoms with Gasteiger partial charge in [-0.15, -0.1) is 0 Å². The number of carbonyl (C=O) groups excluding carboxylic acids is 2. The first-order valence-electron chi connectivity index (χ1n) is 8.41. The van der Waals surface area contributed by atoms with Crippen molar-refractivity contribution in [3.05, 3.63) is 23.8 Å². The Morgan fingerprint density at radius 2 is 1.92 bits per heavy atom. The molecule has 1 heterocycles. The number of ether oxygens (including phenoxy) is 1. The van der Waals surface area contributed by atoms with Crippen LogP contribution in [0.2, 0.25) is 0 Å². The van der Waals surface area contributed by atoms with Crippen LogP contribution in [-0.2, 0) is 9.53 Å². The van der Waals surface area contributed by atoms with Gasteiger partial charge in [-0.2, -0.15) is 0 Å². The van der Waals surface area contributed by atoms with E-state index in [1.54, 1.807) is 37.1 Å². The molecule has 1 fully saturated rings. The third-order valence-corrected chi connectivity index (χ3v) is 4.67. The fraction of sp³-hybridized carbons (Fsp3) is 0.529. The summed E-state index contributed by atoms with van der Waals surface area (Å²) >= 11 is 0. The van der Waals surface area contributed by atoms with E-state index in [2.05, 4.69) is 14.9 Å². The van der Waals surface area contributed by atoms with Crippen molar-refractivity contribution in [3.63, 3.8) is 0 Å². The van der Waals surface area contributed by atoms with Crippen LogP contribution < -0.4 is 5.73 Å². The molecule has 1 amide bonds. The first-order valence-corrected chi connectivity index (χ1v) is 8.41. The molecule has 0 spiro atoms. The van der Waals surface area contributed by atoms with Crippen molar-refractivity contribution in [3.8, 4) is 0 Å². The van der Waals surface area contributed by atoms with Crippen molar-refractivity contribution in [1.29, 1.82) is 0 Å². The maximum absolute atomic E-state index is 12.7. The number of rotatable bonds is 4. The second-order valence-corrected chi connectivity index (χ2v) is 6.54. The van der Waals surface area contributed by atoms with E-state index in [4.69, 9.17) is 10.5 Å². The van der Waals surface area contributed by atoms with Gasteiger partial charge >= 0.3 is 5.97 Å². The minimum Gasteiger partial charge on any atom is -0.461 e. The average molecular weight is 346 g/mol. The SMILES string of the molecule is CC(N)C(=O)OC1CCC(N(C)C(=O)c2ccc3nonc3c2)CC1. The van der Waals surface area contributed by atoms with Crippen LogP contribution in [0.3, 0.4) is 0 Å². The first kappa shape index (κ1) is 17.3. The van der Waals surface area contributed by atoms with E-state index in [-0.39, 0.29) is 24.0 Å². The minimum atomic E-state index is -0.608. The number of benzene rings is 1. The molecular weight excluding hydrogens is 324 g/mol. The molecule has 1 unspecified atom stereocenters. The van der Waals surface area contributed by atoms with Crippen molar-refractivity contribution in [2.24, 2.45) is 5.73 Å². The molecule has 1 saturated carbocycles. The molecule has 3 rings (SSSR count). The Hall–Kier alpha value is -2.48. The smallest absolute Gasteiger partial charge is 0.322 e. The van der Waals surface area contributed by atoms with Crippen LogP contribution >= 0.6 is 0 Å². The number of nitrogens with zero attached hydrogens (tertiary/aromatic N) is 3. The van der Waals surface area contributed by atoms with Gasteiger partial charge in [0.2, 0.25) is 0 Å². The summed E-state index contributed by atoms with van der Waals surface area (Å²) in [6.07, 6.45) is 2.91. The van der Waals surface area contributed by atoms with Gasteiger partial charge in [0.1, 0.15) is 23.2 Å². The van der Waals surface area contributed by atoms with E-state index in [9.17, 15) is 9.59 Å². The van der Waals surface area contributed by atoms with Crippen LogP contribution in [0.5, 0.6) is 0 Å². The molecule has 1 aliphatic rings. The number of hydrogen-bond donors (Lipinski definition) is 1. The monoisotopic (exact) mass is 346 g/mol. The molecular formula is C17H22N4O4. The van der Waals surface area contributed by atoms with Crippen LogP contribution in [-0.4, -0.2) is 52.3 Å². The highest BCUT2D eigenvalue weighted by molar-refractivity contribution is 5.97. The molecule has 0 saturated heterocycles. The van der Waals surface area contributed by atoms with Gasteiger partial charge in [-0.3, -0.25) is 9.59 Å². The molecule has 0 bridgehead atoms. The number of hydrogen-bond acceptors (Lipinski definition) is 7. The summed E-state index contributed by atoms with van der Waals surface area (Å²) in [6, 6.07) is 4.63. The van der Waals surface area contributed by atoms with Crippen molar-refractivity contribution >= 4 is 22.9 Å². The number of carbonyl (C=O) groups is 2. The lowest BCUT2D eigenvalue weighted by molar-refractivity contribution is -0.152. The van der Waals surface area contributed by atoms with E-state index in [0.29, 0.717) is 16.6 Å². The normalized spacial score (nSPS) is 21.7. The standard InChI is InChI=1S/C17H22N4O4/c1-10(18)17(23)24-13-6-4-12(5-7-13)21(2)16(22)11-3-8-14-15(9-11)20-25-19-14/h3,8-10,12-13H,4-7,18H2,1-2H3. The zero-order valence-corrected chi connectivity index (χ0v) is 14.3. The number of nitrogens with two attached hydrogens (primary N) is 1. The van der Waals surface area contributed by atoms with Crippen LogP contribution in [0, 0.1) is 0 Å². The van der Waals surface area contributed by atoms with Crippen LogP contribution in [0.4, 0.5) is 0 Å². The van der Waals surface area contributed by atoms with E-state index in [1.807, 2.05) is 0 Å². The van der Waals surface area contributed by atoms with Crippen molar-refractivity contribution in [2.75, 3.05) is 7.05 Å². The van der Waals surface area contributed by atoms with Crippen molar-refractivity contribution in [2.45, 2.75) is 50.8 Å². The molecule has 8 heteroatoms. The fourth-order valence-corrected chi connectivity index (χ4v) is 3.11. The molecule has 1 aromatic heterocycles. The Balaban J connectivity index is 1.59. The maximum Gasteiger partial charge on any atom is 0.322 e. The highest BCUT2D eigenvalue weighted by atomic mass is 16.6. The largest absolute Gasteiger partial charge is 0.461 e. The molecule has 0 aliphatic heterocycles. The lowest BCUT2D eigenvalue weighted by Crippen LogP contribution is -2.42.